The van der Waals surface area contributed by atoms with E-state index in [1.54, 1.807) is 13.2 Å². The largest absolute Gasteiger partial charge is 0.385 e. The number of hydrogen-bond acceptors (Lipinski definition) is 5. The second-order valence-electron chi connectivity index (χ2n) is 5.31. The highest BCUT2D eigenvalue weighted by Crippen LogP contribution is 2.32. The lowest BCUT2D eigenvalue weighted by molar-refractivity contribution is 0.188. The van der Waals surface area contributed by atoms with Crippen LogP contribution in [0.4, 0.5) is 0 Å². The predicted octanol–water partition coefficient (Wildman–Crippen LogP) is 2.47. The highest BCUT2D eigenvalue weighted by molar-refractivity contribution is 9.11. The van der Waals surface area contributed by atoms with Crippen LogP contribution in [0.15, 0.2) is 14.7 Å². The minimum atomic E-state index is -3.49. The standard InChI is InChI=1S/C13H21BrN2O3S2/c1-9(5-6-19-2)16-21(17,18)12-7-11(20-13(12)14)8-15-10-3-4-10/h7,9-10,15-16H,3-6,8H2,1-2H3. The Bertz CT molecular complexity index is 570. The van der Waals surface area contributed by atoms with Crippen molar-refractivity contribution in [2.75, 3.05) is 13.7 Å². The first-order valence-electron chi connectivity index (χ1n) is 6.95. The molecule has 120 valence electrons. The average molecular weight is 397 g/mol. The Kier molecular flexibility index (Phi) is 6.22. The van der Waals surface area contributed by atoms with E-state index in [1.807, 2.05) is 6.92 Å². The van der Waals surface area contributed by atoms with Crippen molar-refractivity contribution >= 4 is 37.3 Å². The van der Waals surface area contributed by atoms with Gasteiger partial charge >= 0.3 is 0 Å². The first-order valence-corrected chi connectivity index (χ1v) is 10.0. The van der Waals surface area contributed by atoms with Gasteiger partial charge in [-0.1, -0.05) is 0 Å². The van der Waals surface area contributed by atoms with Crippen LogP contribution in [0.2, 0.25) is 0 Å². The summed E-state index contributed by atoms with van der Waals surface area (Å²) in [6, 6.07) is 2.20. The minimum absolute atomic E-state index is 0.158. The predicted molar refractivity (Wildman–Crippen MR) is 88.2 cm³/mol. The van der Waals surface area contributed by atoms with Gasteiger partial charge in [-0.3, -0.25) is 0 Å². The molecule has 1 atom stereocenters. The maximum Gasteiger partial charge on any atom is 0.242 e. The SMILES string of the molecule is COCCC(C)NS(=O)(=O)c1cc(CNC2CC2)sc1Br. The maximum absolute atomic E-state index is 12.4. The molecule has 0 amide bonds. The van der Waals surface area contributed by atoms with E-state index in [4.69, 9.17) is 4.74 Å². The molecule has 1 aromatic rings. The lowest BCUT2D eigenvalue weighted by atomic mass is 10.3. The van der Waals surface area contributed by atoms with Gasteiger partial charge in [0, 0.05) is 37.2 Å². The van der Waals surface area contributed by atoms with E-state index >= 15 is 0 Å². The van der Waals surface area contributed by atoms with Crippen molar-refractivity contribution in [3.8, 4) is 0 Å². The van der Waals surface area contributed by atoms with Gasteiger partial charge in [0.15, 0.2) is 0 Å². The summed E-state index contributed by atoms with van der Waals surface area (Å²) in [6.07, 6.45) is 3.08. The molecular weight excluding hydrogens is 376 g/mol. The van der Waals surface area contributed by atoms with Crippen molar-refractivity contribution < 1.29 is 13.2 Å². The molecule has 0 aromatic carbocycles. The third-order valence-electron chi connectivity index (χ3n) is 3.25. The molecule has 2 rings (SSSR count). The van der Waals surface area contributed by atoms with E-state index in [2.05, 4.69) is 26.0 Å². The van der Waals surface area contributed by atoms with Crippen molar-refractivity contribution in [2.45, 2.75) is 49.7 Å². The van der Waals surface area contributed by atoms with Crippen LogP contribution in [0, 0.1) is 0 Å². The van der Waals surface area contributed by atoms with E-state index in [0.29, 0.717) is 27.8 Å². The number of halogens is 1. The molecule has 1 heterocycles. The smallest absolute Gasteiger partial charge is 0.242 e. The molecule has 1 aliphatic rings. The second-order valence-corrected chi connectivity index (χ2v) is 9.45. The first-order chi connectivity index (χ1) is 9.92. The van der Waals surface area contributed by atoms with Gasteiger partial charge in [-0.2, -0.15) is 0 Å². The number of methoxy groups -OCH3 is 1. The molecule has 1 aliphatic carbocycles. The van der Waals surface area contributed by atoms with Crippen LogP contribution in [0.3, 0.4) is 0 Å². The van der Waals surface area contributed by atoms with Crippen molar-refractivity contribution in [2.24, 2.45) is 0 Å². The molecule has 2 N–H and O–H groups in total. The quantitative estimate of drug-likeness (QED) is 0.672. The highest BCUT2D eigenvalue weighted by Gasteiger charge is 2.24. The Morgan fingerprint density at radius 3 is 2.86 bits per heavy atom. The molecule has 1 aromatic heterocycles. The number of rotatable bonds is 9. The Hall–Kier alpha value is 0.01000. The molecular formula is C13H21BrN2O3S2. The first kappa shape index (κ1) is 17.4. The summed E-state index contributed by atoms with van der Waals surface area (Å²) in [5.41, 5.74) is 0. The third-order valence-corrected chi connectivity index (χ3v) is 7.09. The molecule has 1 fully saturated rings. The molecule has 0 aliphatic heterocycles. The molecule has 1 saturated carbocycles. The Balaban J connectivity index is 2.00. The van der Waals surface area contributed by atoms with Gasteiger partial charge in [0.1, 0.15) is 4.90 Å². The van der Waals surface area contributed by atoms with E-state index in [0.717, 1.165) is 11.4 Å². The molecule has 21 heavy (non-hydrogen) atoms. The second kappa shape index (κ2) is 7.52. The van der Waals surface area contributed by atoms with Gasteiger partial charge in [-0.25, -0.2) is 13.1 Å². The van der Waals surface area contributed by atoms with Crippen molar-refractivity contribution in [3.05, 3.63) is 14.7 Å². The molecule has 0 radical (unpaired) electrons. The van der Waals surface area contributed by atoms with Gasteiger partial charge in [0.25, 0.3) is 0 Å². The van der Waals surface area contributed by atoms with E-state index in [1.165, 1.54) is 24.2 Å². The molecule has 0 spiro atoms. The Morgan fingerprint density at radius 1 is 1.52 bits per heavy atom. The van der Waals surface area contributed by atoms with Gasteiger partial charge < -0.3 is 10.1 Å². The third kappa shape index (κ3) is 5.30. The summed E-state index contributed by atoms with van der Waals surface area (Å²) in [4.78, 5) is 1.35. The molecule has 0 saturated heterocycles. The Morgan fingerprint density at radius 2 is 2.24 bits per heavy atom. The van der Waals surface area contributed by atoms with Gasteiger partial charge in [0.2, 0.25) is 10.0 Å². The number of nitrogens with one attached hydrogen (secondary N) is 2. The van der Waals surface area contributed by atoms with Crippen LogP contribution >= 0.6 is 27.3 Å². The fraction of sp³-hybridized carbons (Fsp3) is 0.692. The summed E-state index contributed by atoms with van der Waals surface area (Å²) in [5, 5.41) is 3.39. The minimum Gasteiger partial charge on any atom is -0.385 e. The van der Waals surface area contributed by atoms with Crippen LogP contribution < -0.4 is 10.0 Å². The molecule has 5 nitrogen and oxygen atoms in total. The van der Waals surface area contributed by atoms with E-state index in [9.17, 15) is 8.42 Å². The van der Waals surface area contributed by atoms with Crippen molar-refractivity contribution in [1.82, 2.24) is 10.0 Å². The Labute approximate surface area is 138 Å². The zero-order chi connectivity index (χ0) is 15.5. The number of thiophene rings is 1. The fourth-order valence-electron chi connectivity index (χ4n) is 1.88. The molecule has 0 bridgehead atoms. The summed E-state index contributed by atoms with van der Waals surface area (Å²) >= 11 is 4.83. The summed E-state index contributed by atoms with van der Waals surface area (Å²) in [5.74, 6) is 0. The number of sulfonamides is 1. The summed E-state index contributed by atoms with van der Waals surface area (Å²) < 4.78 is 33.1. The zero-order valence-corrected chi connectivity index (χ0v) is 15.4. The summed E-state index contributed by atoms with van der Waals surface area (Å²) in [7, 11) is -1.89. The maximum atomic E-state index is 12.4. The van der Waals surface area contributed by atoms with Crippen LogP contribution in [-0.4, -0.2) is 34.2 Å². The van der Waals surface area contributed by atoms with E-state index in [-0.39, 0.29) is 6.04 Å². The number of ether oxygens (including phenoxy) is 1. The van der Waals surface area contributed by atoms with Gasteiger partial charge in [-0.05, 0) is 48.2 Å². The van der Waals surface area contributed by atoms with Crippen LogP contribution in [-0.2, 0) is 21.3 Å². The van der Waals surface area contributed by atoms with Crippen LogP contribution in [0.25, 0.3) is 0 Å². The summed E-state index contributed by atoms with van der Waals surface area (Å²) in [6.45, 7) is 3.10. The van der Waals surface area contributed by atoms with Crippen molar-refractivity contribution in [1.29, 1.82) is 0 Å². The van der Waals surface area contributed by atoms with Crippen LogP contribution in [0.5, 0.6) is 0 Å². The fourth-order valence-corrected chi connectivity index (χ4v) is 5.79. The van der Waals surface area contributed by atoms with Gasteiger partial charge in [-0.15, -0.1) is 11.3 Å². The van der Waals surface area contributed by atoms with Crippen molar-refractivity contribution in [3.63, 3.8) is 0 Å². The lowest BCUT2D eigenvalue weighted by Gasteiger charge is -2.13. The average Bonchev–Trinajstić information content (AvgIpc) is 3.15. The molecule has 8 heteroatoms. The molecule has 1 unspecified atom stereocenters. The monoisotopic (exact) mass is 396 g/mol. The lowest BCUT2D eigenvalue weighted by Crippen LogP contribution is -2.33. The highest BCUT2D eigenvalue weighted by atomic mass is 79.9. The van der Waals surface area contributed by atoms with E-state index < -0.39 is 10.0 Å². The topological polar surface area (TPSA) is 67.4 Å². The van der Waals surface area contributed by atoms with Gasteiger partial charge in [0.05, 0.1) is 3.79 Å². The normalized spacial score (nSPS) is 17.1. The zero-order valence-electron chi connectivity index (χ0n) is 12.2. The van der Waals surface area contributed by atoms with Crippen LogP contribution in [0.1, 0.15) is 31.1 Å². The number of hydrogen-bond donors (Lipinski definition) is 2.